The van der Waals surface area contributed by atoms with Crippen LogP contribution in [0.2, 0.25) is 5.28 Å². The summed E-state index contributed by atoms with van der Waals surface area (Å²) >= 11 is 7.84. The lowest BCUT2D eigenvalue weighted by atomic mass is 9.65. The van der Waals surface area contributed by atoms with Gasteiger partial charge >= 0.3 is 0 Å². The lowest BCUT2D eigenvalue weighted by Crippen LogP contribution is -2.36. The number of aliphatic hydroxyl groups is 1. The van der Waals surface area contributed by atoms with Crippen LogP contribution in [0.3, 0.4) is 0 Å². The minimum absolute atomic E-state index is 0.264. The molecule has 7 heteroatoms. The van der Waals surface area contributed by atoms with Crippen molar-refractivity contribution in [1.82, 2.24) is 9.97 Å². The second-order valence-electron chi connectivity index (χ2n) is 7.98. The van der Waals surface area contributed by atoms with E-state index in [1.54, 1.807) is 11.3 Å². The summed E-state index contributed by atoms with van der Waals surface area (Å²) in [5, 5.41) is 11.7. The van der Waals surface area contributed by atoms with Gasteiger partial charge in [0.15, 0.2) is 5.82 Å². The Morgan fingerprint density at radius 2 is 1.81 bits per heavy atom. The van der Waals surface area contributed by atoms with Gasteiger partial charge in [0.1, 0.15) is 0 Å². The standard InChI is InChI=1S/C20H28ClN3O2S/c1-3-19(4-2)5-7-20(25,8-6-19)15-13-14-16(27-15)17(23-18(21)22-14)24-9-11-26-12-10-24/h13,25H,3-12H2,1-2H3. The summed E-state index contributed by atoms with van der Waals surface area (Å²) in [5.41, 5.74) is 0.478. The average molecular weight is 410 g/mol. The van der Waals surface area contributed by atoms with Crippen molar-refractivity contribution in [3.8, 4) is 0 Å². The van der Waals surface area contributed by atoms with Crippen LogP contribution in [0.15, 0.2) is 6.07 Å². The fraction of sp³-hybridized carbons (Fsp3) is 0.700. The molecule has 4 rings (SSSR count). The molecule has 27 heavy (non-hydrogen) atoms. The van der Waals surface area contributed by atoms with Crippen molar-refractivity contribution < 1.29 is 9.84 Å². The van der Waals surface area contributed by atoms with E-state index in [1.807, 2.05) is 6.07 Å². The highest BCUT2D eigenvalue weighted by Gasteiger charge is 2.42. The molecule has 0 bridgehead atoms. The Labute approximate surface area is 169 Å². The Morgan fingerprint density at radius 3 is 2.44 bits per heavy atom. The van der Waals surface area contributed by atoms with Crippen LogP contribution in [0.25, 0.3) is 10.2 Å². The predicted octanol–water partition coefficient (Wildman–Crippen LogP) is 4.75. The molecule has 5 nitrogen and oxygen atoms in total. The smallest absolute Gasteiger partial charge is 0.224 e. The summed E-state index contributed by atoms with van der Waals surface area (Å²) in [4.78, 5) is 12.2. The number of morpholine rings is 1. The highest BCUT2D eigenvalue weighted by atomic mass is 35.5. The van der Waals surface area contributed by atoms with Gasteiger partial charge in [-0.2, -0.15) is 4.98 Å². The van der Waals surface area contributed by atoms with Crippen molar-refractivity contribution in [3.63, 3.8) is 0 Å². The number of hydrogen-bond donors (Lipinski definition) is 1. The number of hydrogen-bond acceptors (Lipinski definition) is 6. The zero-order chi connectivity index (χ0) is 19.1. The molecule has 1 N–H and O–H groups in total. The molecule has 0 aromatic carbocycles. The van der Waals surface area contributed by atoms with Crippen molar-refractivity contribution in [2.75, 3.05) is 31.2 Å². The van der Waals surface area contributed by atoms with Crippen molar-refractivity contribution in [2.24, 2.45) is 5.41 Å². The van der Waals surface area contributed by atoms with E-state index in [2.05, 4.69) is 28.7 Å². The number of thiophene rings is 1. The third-order valence-corrected chi connectivity index (χ3v) is 8.22. The molecule has 1 saturated carbocycles. The molecular formula is C20H28ClN3O2S. The van der Waals surface area contributed by atoms with Gasteiger partial charge in [0, 0.05) is 18.0 Å². The molecule has 1 saturated heterocycles. The SMILES string of the molecule is CCC1(CC)CCC(O)(c2cc3nc(Cl)nc(N4CCOCC4)c3s2)CC1. The first-order valence-corrected chi connectivity index (χ1v) is 11.2. The second-order valence-corrected chi connectivity index (χ2v) is 9.37. The highest BCUT2D eigenvalue weighted by molar-refractivity contribution is 7.19. The lowest BCUT2D eigenvalue weighted by molar-refractivity contribution is -0.0385. The van der Waals surface area contributed by atoms with Crippen molar-refractivity contribution in [1.29, 1.82) is 0 Å². The summed E-state index contributed by atoms with van der Waals surface area (Å²) in [7, 11) is 0. The molecule has 2 aliphatic rings. The number of nitrogens with zero attached hydrogens (tertiary/aromatic N) is 3. The van der Waals surface area contributed by atoms with Gasteiger partial charge in [0.25, 0.3) is 0 Å². The van der Waals surface area contributed by atoms with Gasteiger partial charge in [-0.25, -0.2) is 4.98 Å². The van der Waals surface area contributed by atoms with E-state index in [9.17, 15) is 5.11 Å². The Bertz CT molecular complexity index is 805. The number of aromatic nitrogens is 2. The molecule has 2 fully saturated rings. The van der Waals surface area contributed by atoms with Crippen LogP contribution in [0.1, 0.15) is 57.2 Å². The Kier molecular flexibility index (Phi) is 5.36. The summed E-state index contributed by atoms with van der Waals surface area (Å²) in [6.45, 7) is 7.55. The molecular weight excluding hydrogens is 382 g/mol. The normalized spacial score (nSPS) is 22.3. The summed E-state index contributed by atoms with van der Waals surface area (Å²) in [5.74, 6) is 0.875. The van der Waals surface area contributed by atoms with Crippen molar-refractivity contribution >= 4 is 39.0 Å². The summed E-state index contributed by atoms with van der Waals surface area (Å²) < 4.78 is 6.49. The maximum absolute atomic E-state index is 11.4. The van der Waals surface area contributed by atoms with E-state index in [1.165, 1.54) is 12.8 Å². The minimum atomic E-state index is -0.756. The number of fused-ring (bicyclic) bond motifs is 1. The fourth-order valence-corrected chi connectivity index (χ4v) is 5.93. The van der Waals surface area contributed by atoms with E-state index in [-0.39, 0.29) is 5.28 Å². The third-order valence-electron chi connectivity index (χ3n) is 6.73. The fourth-order valence-electron chi connectivity index (χ4n) is 4.50. The number of rotatable bonds is 4. The van der Waals surface area contributed by atoms with Crippen LogP contribution in [-0.4, -0.2) is 41.4 Å². The zero-order valence-corrected chi connectivity index (χ0v) is 17.7. The minimum Gasteiger partial charge on any atom is -0.384 e. The molecule has 1 aliphatic carbocycles. The first-order chi connectivity index (χ1) is 13.0. The van der Waals surface area contributed by atoms with E-state index in [0.717, 1.165) is 59.7 Å². The maximum atomic E-state index is 11.4. The maximum Gasteiger partial charge on any atom is 0.224 e. The first-order valence-electron chi connectivity index (χ1n) is 10.0. The van der Waals surface area contributed by atoms with Gasteiger partial charge in [-0.15, -0.1) is 11.3 Å². The monoisotopic (exact) mass is 409 g/mol. The molecule has 0 unspecified atom stereocenters. The first kappa shape index (κ1) is 19.4. The zero-order valence-electron chi connectivity index (χ0n) is 16.1. The topological polar surface area (TPSA) is 58.5 Å². The molecule has 148 valence electrons. The molecule has 1 aliphatic heterocycles. The number of anilines is 1. The van der Waals surface area contributed by atoms with Gasteiger partial charge in [0.05, 0.1) is 29.0 Å². The summed E-state index contributed by atoms with van der Waals surface area (Å²) in [6.07, 6.45) is 6.16. The van der Waals surface area contributed by atoms with Crippen LogP contribution in [0.5, 0.6) is 0 Å². The van der Waals surface area contributed by atoms with E-state index >= 15 is 0 Å². The van der Waals surface area contributed by atoms with E-state index < -0.39 is 5.60 Å². The van der Waals surface area contributed by atoms with Crippen LogP contribution < -0.4 is 4.90 Å². The molecule has 2 aromatic heterocycles. The average Bonchev–Trinajstić information content (AvgIpc) is 3.14. The van der Waals surface area contributed by atoms with E-state index in [0.29, 0.717) is 18.6 Å². The molecule has 2 aromatic rings. The van der Waals surface area contributed by atoms with Crippen LogP contribution in [-0.2, 0) is 10.3 Å². The molecule has 3 heterocycles. The third kappa shape index (κ3) is 3.57. The largest absolute Gasteiger partial charge is 0.384 e. The molecule has 0 atom stereocenters. The predicted molar refractivity (Wildman–Crippen MR) is 111 cm³/mol. The highest BCUT2D eigenvalue weighted by Crippen LogP contribution is 2.51. The Balaban J connectivity index is 1.67. The van der Waals surface area contributed by atoms with Gasteiger partial charge < -0.3 is 14.7 Å². The van der Waals surface area contributed by atoms with Crippen molar-refractivity contribution in [3.05, 3.63) is 16.2 Å². The Morgan fingerprint density at radius 1 is 1.15 bits per heavy atom. The van der Waals surface area contributed by atoms with Gasteiger partial charge in [-0.05, 0) is 48.8 Å². The number of halogens is 1. The van der Waals surface area contributed by atoms with Gasteiger partial charge in [-0.3, -0.25) is 0 Å². The van der Waals surface area contributed by atoms with Crippen molar-refractivity contribution in [2.45, 2.75) is 58.0 Å². The molecule has 0 spiro atoms. The van der Waals surface area contributed by atoms with Crippen LogP contribution >= 0.6 is 22.9 Å². The second kappa shape index (κ2) is 7.47. The molecule has 0 amide bonds. The van der Waals surface area contributed by atoms with Gasteiger partial charge in [-0.1, -0.05) is 26.7 Å². The molecule has 0 radical (unpaired) electrons. The summed E-state index contributed by atoms with van der Waals surface area (Å²) in [6, 6.07) is 2.03. The van der Waals surface area contributed by atoms with Gasteiger partial charge in [0.2, 0.25) is 5.28 Å². The lowest BCUT2D eigenvalue weighted by Gasteiger charge is -2.43. The quantitative estimate of drug-likeness (QED) is 0.738. The number of ether oxygens (including phenoxy) is 1. The van der Waals surface area contributed by atoms with Crippen LogP contribution in [0, 0.1) is 5.41 Å². The Hall–Kier alpha value is -0.950. The van der Waals surface area contributed by atoms with Crippen LogP contribution in [0.4, 0.5) is 5.82 Å². The van der Waals surface area contributed by atoms with E-state index in [4.69, 9.17) is 16.3 Å².